The standard InChI is InChI=1S/C13H22N2O3/c1-4-11(3)15(9-12(16)17)13(18)14-7-5-6-10(2)8-14/h6,11H,4-5,7-9H2,1-3H3,(H,16,17). The van der Waals surface area contributed by atoms with Crippen molar-refractivity contribution < 1.29 is 14.7 Å². The molecular formula is C13H22N2O3. The highest BCUT2D eigenvalue weighted by molar-refractivity contribution is 5.80. The van der Waals surface area contributed by atoms with Crippen LogP contribution in [0.1, 0.15) is 33.6 Å². The second-order valence-corrected chi connectivity index (χ2v) is 4.82. The molecule has 0 aliphatic carbocycles. The molecule has 1 heterocycles. The van der Waals surface area contributed by atoms with Gasteiger partial charge >= 0.3 is 12.0 Å². The summed E-state index contributed by atoms with van der Waals surface area (Å²) in [5, 5.41) is 8.90. The van der Waals surface area contributed by atoms with Gasteiger partial charge in [0.05, 0.1) is 0 Å². The predicted octanol–water partition coefficient (Wildman–Crippen LogP) is 1.94. The van der Waals surface area contributed by atoms with E-state index in [1.165, 1.54) is 4.90 Å². The molecule has 18 heavy (non-hydrogen) atoms. The van der Waals surface area contributed by atoms with E-state index in [1.54, 1.807) is 4.90 Å². The van der Waals surface area contributed by atoms with Crippen molar-refractivity contribution in [1.82, 2.24) is 9.80 Å². The molecule has 5 nitrogen and oxygen atoms in total. The van der Waals surface area contributed by atoms with Crippen LogP contribution in [0.4, 0.5) is 4.79 Å². The lowest BCUT2D eigenvalue weighted by Gasteiger charge is -2.34. The Labute approximate surface area is 108 Å². The number of hydrogen-bond acceptors (Lipinski definition) is 2. The Kier molecular flexibility index (Phi) is 5.19. The van der Waals surface area contributed by atoms with Crippen LogP contribution in [0, 0.1) is 0 Å². The first kappa shape index (κ1) is 14.5. The van der Waals surface area contributed by atoms with E-state index >= 15 is 0 Å². The zero-order valence-corrected chi connectivity index (χ0v) is 11.3. The fraction of sp³-hybridized carbons (Fsp3) is 0.692. The molecule has 1 unspecified atom stereocenters. The fourth-order valence-electron chi connectivity index (χ4n) is 2.03. The van der Waals surface area contributed by atoms with Crippen LogP contribution in [0.3, 0.4) is 0 Å². The summed E-state index contributed by atoms with van der Waals surface area (Å²) in [5.41, 5.74) is 1.16. The molecule has 0 spiro atoms. The Hall–Kier alpha value is -1.52. The smallest absolute Gasteiger partial charge is 0.323 e. The van der Waals surface area contributed by atoms with E-state index in [0.717, 1.165) is 18.4 Å². The molecule has 0 aromatic rings. The van der Waals surface area contributed by atoms with Gasteiger partial charge in [0.25, 0.3) is 0 Å². The molecule has 0 bridgehead atoms. The zero-order chi connectivity index (χ0) is 13.7. The maximum atomic E-state index is 12.3. The van der Waals surface area contributed by atoms with Crippen molar-refractivity contribution in [2.24, 2.45) is 0 Å². The summed E-state index contributed by atoms with van der Waals surface area (Å²) in [6.45, 7) is 6.87. The number of carbonyl (C=O) groups is 2. The van der Waals surface area contributed by atoms with Gasteiger partial charge in [-0.2, -0.15) is 0 Å². The SMILES string of the molecule is CCC(C)N(CC(=O)O)C(=O)N1CCC=C(C)C1. The van der Waals surface area contributed by atoms with Crippen LogP contribution in [0.5, 0.6) is 0 Å². The number of amides is 2. The maximum absolute atomic E-state index is 12.3. The molecule has 102 valence electrons. The molecule has 0 saturated heterocycles. The second-order valence-electron chi connectivity index (χ2n) is 4.82. The summed E-state index contributed by atoms with van der Waals surface area (Å²) in [7, 11) is 0. The number of nitrogens with zero attached hydrogens (tertiary/aromatic N) is 2. The average Bonchev–Trinajstić information content (AvgIpc) is 2.34. The van der Waals surface area contributed by atoms with Crippen molar-refractivity contribution in [1.29, 1.82) is 0 Å². The Balaban J connectivity index is 2.75. The summed E-state index contributed by atoms with van der Waals surface area (Å²) >= 11 is 0. The van der Waals surface area contributed by atoms with E-state index in [9.17, 15) is 9.59 Å². The summed E-state index contributed by atoms with van der Waals surface area (Å²) in [5.74, 6) is -0.965. The van der Waals surface area contributed by atoms with Gasteiger partial charge in [-0.1, -0.05) is 18.6 Å². The molecule has 1 atom stereocenters. The van der Waals surface area contributed by atoms with Gasteiger partial charge in [-0.25, -0.2) is 4.79 Å². The number of aliphatic carboxylic acids is 1. The quantitative estimate of drug-likeness (QED) is 0.780. The van der Waals surface area contributed by atoms with Crippen LogP contribution in [0.2, 0.25) is 0 Å². The molecule has 1 aliphatic heterocycles. The highest BCUT2D eigenvalue weighted by Gasteiger charge is 2.27. The third kappa shape index (κ3) is 3.75. The predicted molar refractivity (Wildman–Crippen MR) is 69.4 cm³/mol. The Morgan fingerprint density at radius 3 is 2.72 bits per heavy atom. The first-order chi connectivity index (χ1) is 8.45. The van der Waals surface area contributed by atoms with Gasteiger partial charge in [0.1, 0.15) is 6.54 Å². The average molecular weight is 254 g/mol. The van der Waals surface area contributed by atoms with Gasteiger partial charge in [0.2, 0.25) is 0 Å². The number of carboxylic acid groups (broad SMARTS) is 1. The van der Waals surface area contributed by atoms with Crippen molar-refractivity contribution in [2.45, 2.75) is 39.7 Å². The Bertz CT molecular complexity index is 352. The third-order valence-electron chi connectivity index (χ3n) is 3.28. The number of rotatable bonds is 4. The topological polar surface area (TPSA) is 60.9 Å². The molecule has 2 amide bonds. The van der Waals surface area contributed by atoms with Crippen molar-refractivity contribution >= 4 is 12.0 Å². The van der Waals surface area contributed by atoms with Gasteiger partial charge in [-0.05, 0) is 26.7 Å². The van der Waals surface area contributed by atoms with Gasteiger partial charge in [-0.15, -0.1) is 0 Å². The second kappa shape index (κ2) is 6.42. The van der Waals surface area contributed by atoms with E-state index in [4.69, 9.17) is 5.11 Å². The van der Waals surface area contributed by atoms with Crippen molar-refractivity contribution in [3.05, 3.63) is 11.6 Å². The molecule has 5 heteroatoms. The van der Waals surface area contributed by atoms with E-state index in [0.29, 0.717) is 13.1 Å². The van der Waals surface area contributed by atoms with Gasteiger partial charge < -0.3 is 14.9 Å². The maximum Gasteiger partial charge on any atom is 0.323 e. The molecule has 1 aliphatic rings. The summed E-state index contributed by atoms with van der Waals surface area (Å²) in [6.07, 6.45) is 3.72. The van der Waals surface area contributed by atoms with Crippen LogP contribution >= 0.6 is 0 Å². The minimum absolute atomic E-state index is 0.0557. The van der Waals surface area contributed by atoms with Gasteiger partial charge in [0.15, 0.2) is 0 Å². The summed E-state index contributed by atoms with van der Waals surface area (Å²) in [6, 6.07) is -0.223. The Morgan fingerprint density at radius 2 is 2.22 bits per heavy atom. The fourth-order valence-corrected chi connectivity index (χ4v) is 2.03. The number of urea groups is 1. The highest BCUT2D eigenvalue weighted by Crippen LogP contribution is 2.14. The first-order valence-corrected chi connectivity index (χ1v) is 6.38. The van der Waals surface area contributed by atoms with Gasteiger partial charge in [-0.3, -0.25) is 4.79 Å². The van der Waals surface area contributed by atoms with Crippen molar-refractivity contribution in [3.63, 3.8) is 0 Å². The molecule has 1 N–H and O–H groups in total. The van der Waals surface area contributed by atoms with E-state index in [2.05, 4.69) is 6.08 Å². The third-order valence-corrected chi connectivity index (χ3v) is 3.28. The van der Waals surface area contributed by atoms with Crippen LogP contribution in [0.15, 0.2) is 11.6 Å². The normalized spacial score (nSPS) is 17.1. The summed E-state index contributed by atoms with van der Waals surface area (Å²) in [4.78, 5) is 26.4. The van der Waals surface area contributed by atoms with Crippen molar-refractivity contribution in [3.8, 4) is 0 Å². The Morgan fingerprint density at radius 1 is 1.56 bits per heavy atom. The van der Waals surface area contributed by atoms with E-state index in [-0.39, 0.29) is 18.6 Å². The van der Waals surface area contributed by atoms with Crippen molar-refractivity contribution in [2.75, 3.05) is 19.6 Å². The molecule has 0 saturated carbocycles. The molecule has 1 rings (SSSR count). The lowest BCUT2D eigenvalue weighted by Crippen LogP contribution is -2.50. The molecule has 0 aromatic heterocycles. The molecular weight excluding hydrogens is 232 g/mol. The molecule has 0 radical (unpaired) electrons. The first-order valence-electron chi connectivity index (χ1n) is 6.38. The lowest BCUT2D eigenvalue weighted by molar-refractivity contribution is -0.138. The number of hydrogen-bond donors (Lipinski definition) is 1. The monoisotopic (exact) mass is 254 g/mol. The highest BCUT2D eigenvalue weighted by atomic mass is 16.4. The molecule has 0 aromatic carbocycles. The zero-order valence-electron chi connectivity index (χ0n) is 11.3. The number of carbonyl (C=O) groups excluding carboxylic acids is 1. The van der Waals surface area contributed by atoms with Gasteiger partial charge in [0, 0.05) is 19.1 Å². The molecule has 0 fully saturated rings. The minimum atomic E-state index is -0.965. The van der Waals surface area contributed by atoms with Crippen LogP contribution in [-0.2, 0) is 4.79 Å². The van der Waals surface area contributed by atoms with Crippen LogP contribution in [-0.4, -0.2) is 52.6 Å². The van der Waals surface area contributed by atoms with Crippen LogP contribution < -0.4 is 0 Å². The number of carboxylic acids is 1. The van der Waals surface area contributed by atoms with Crippen LogP contribution in [0.25, 0.3) is 0 Å². The summed E-state index contributed by atoms with van der Waals surface area (Å²) < 4.78 is 0. The lowest BCUT2D eigenvalue weighted by atomic mass is 10.1. The largest absolute Gasteiger partial charge is 0.480 e. The minimum Gasteiger partial charge on any atom is -0.480 e. The van der Waals surface area contributed by atoms with E-state index < -0.39 is 5.97 Å². The van der Waals surface area contributed by atoms with E-state index in [1.807, 2.05) is 20.8 Å².